The topological polar surface area (TPSA) is 86.5 Å². The fourth-order valence-corrected chi connectivity index (χ4v) is 3.89. The van der Waals surface area contributed by atoms with Crippen LogP contribution in [0.15, 0.2) is 66.1 Å². The first-order valence-electron chi connectivity index (χ1n) is 8.76. The van der Waals surface area contributed by atoms with Crippen molar-refractivity contribution in [1.29, 1.82) is 0 Å². The van der Waals surface area contributed by atoms with Crippen molar-refractivity contribution in [3.63, 3.8) is 0 Å². The van der Waals surface area contributed by atoms with Gasteiger partial charge in [-0.15, -0.1) is 16.5 Å². The molecule has 4 aromatic rings. The van der Waals surface area contributed by atoms with Crippen LogP contribution in [0.3, 0.4) is 0 Å². The van der Waals surface area contributed by atoms with Gasteiger partial charge >= 0.3 is 5.69 Å². The highest BCUT2D eigenvalue weighted by molar-refractivity contribution is 9.10. The predicted molar refractivity (Wildman–Crippen MR) is 116 cm³/mol. The number of thiophene rings is 1. The number of nitrogens with zero attached hydrogens (tertiary/aromatic N) is 6. The molecule has 3 heterocycles. The molecule has 0 bridgehead atoms. The van der Waals surface area contributed by atoms with E-state index in [1.54, 1.807) is 23.0 Å². The van der Waals surface area contributed by atoms with E-state index in [0.29, 0.717) is 24.3 Å². The smallest absolute Gasteiger partial charge is 0.297 e. The quantitative estimate of drug-likeness (QED) is 0.415. The van der Waals surface area contributed by atoms with E-state index in [1.807, 2.05) is 41.8 Å². The summed E-state index contributed by atoms with van der Waals surface area (Å²) in [5.41, 5.74) is 0.742. The van der Waals surface area contributed by atoms with E-state index in [-0.39, 0.29) is 5.95 Å². The summed E-state index contributed by atoms with van der Waals surface area (Å²) in [7, 11) is 3.05. The highest BCUT2D eigenvalue weighted by atomic mass is 79.9. The summed E-state index contributed by atoms with van der Waals surface area (Å²) in [6, 6.07) is 11.7. The molecule has 0 saturated carbocycles. The number of aromatic nitrogens is 4. The lowest BCUT2D eigenvalue weighted by Crippen LogP contribution is -2.37. The van der Waals surface area contributed by atoms with Crippen LogP contribution in [-0.2, 0) is 27.2 Å². The Labute approximate surface area is 177 Å². The van der Waals surface area contributed by atoms with Gasteiger partial charge < -0.3 is 0 Å². The second-order valence-electron chi connectivity index (χ2n) is 6.48. The number of azo groups is 1. The van der Waals surface area contributed by atoms with Crippen molar-refractivity contribution in [2.24, 2.45) is 24.3 Å². The predicted octanol–water partition coefficient (Wildman–Crippen LogP) is 3.59. The van der Waals surface area contributed by atoms with Crippen LogP contribution in [0.5, 0.6) is 0 Å². The number of halogens is 1. The molecule has 0 unspecified atom stereocenters. The molecule has 1 aromatic carbocycles. The van der Waals surface area contributed by atoms with Crippen molar-refractivity contribution in [3.05, 3.63) is 77.5 Å². The number of hydrogen-bond acceptors (Lipinski definition) is 6. The molecule has 0 aliphatic carbocycles. The number of fused-ring (bicyclic) bond motifs is 1. The first-order chi connectivity index (χ1) is 14.0. The zero-order valence-electron chi connectivity index (χ0n) is 15.7. The Morgan fingerprint density at radius 1 is 1.10 bits per heavy atom. The molecule has 8 nitrogen and oxygen atoms in total. The standard InChI is InChI=1S/C19H17BrN6O2S/c1-24-16-15(17(27)25(2)19(24)28)26(11-12-5-7-13(20)8-6-12)18(22-16)23-21-10-14-4-3-9-29-14/h3-9H,10-11H2,1-2H3. The first kappa shape index (κ1) is 19.5. The zero-order chi connectivity index (χ0) is 20.5. The van der Waals surface area contributed by atoms with Crippen molar-refractivity contribution < 1.29 is 0 Å². The van der Waals surface area contributed by atoms with E-state index in [9.17, 15) is 9.59 Å². The lowest BCUT2D eigenvalue weighted by molar-refractivity contribution is 0.702. The third-order valence-electron chi connectivity index (χ3n) is 4.55. The summed E-state index contributed by atoms with van der Waals surface area (Å²) in [4.78, 5) is 30.7. The van der Waals surface area contributed by atoms with Gasteiger partial charge in [-0.3, -0.25) is 18.5 Å². The van der Waals surface area contributed by atoms with Gasteiger partial charge in [0.2, 0.25) is 0 Å². The van der Waals surface area contributed by atoms with Crippen LogP contribution >= 0.6 is 27.3 Å². The average molecular weight is 473 g/mol. The van der Waals surface area contributed by atoms with Crippen molar-refractivity contribution in [2.75, 3.05) is 0 Å². The third-order valence-corrected chi connectivity index (χ3v) is 5.94. The summed E-state index contributed by atoms with van der Waals surface area (Å²) >= 11 is 5.02. The summed E-state index contributed by atoms with van der Waals surface area (Å²) < 4.78 is 5.10. The first-order valence-corrected chi connectivity index (χ1v) is 10.4. The summed E-state index contributed by atoms with van der Waals surface area (Å²) in [5.74, 6) is 0.290. The van der Waals surface area contributed by atoms with Crippen LogP contribution in [0.1, 0.15) is 10.4 Å². The molecular weight excluding hydrogens is 456 g/mol. The number of imidazole rings is 1. The number of rotatable bonds is 5. The number of aryl methyl sites for hydroxylation is 1. The maximum Gasteiger partial charge on any atom is 0.332 e. The van der Waals surface area contributed by atoms with Crippen molar-refractivity contribution in [2.45, 2.75) is 13.1 Å². The van der Waals surface area contributed by atoms with Crippen molar-refractivity contribution in [3.8, 4) is 0 Å². The molecule has 0 fully saturated rings. The SMILES string of the molecule is Cn1c(=O)c2c(nc(N=NCc3cccs3)n2Cc2ccc(Br)cc2)n(C)c1=O. The molecule has 0 radical (unpaired) electrons. The van der Waals surface area contributed by atoms with Gasteiger partial charge in [-0.1, -0.05) is 34.1 Å². The van der Waals surface area contributed by atoms with Crippen LogP contribution in [0.4, 0.5) is 5.95 Å². The van der Waals surface area contributed by atoms with E-state index >= 15 is 0 Å². The minimum absolute atomic E-state index is 0.290. The molecule has 29 heavy (non-hydrogen) atoms. The molecule has 0 spiro atoms. The second-order valence-corrected chi connectivity index (χ2v) is 8.43. The number of hydrogen-bond donors (Lipinski definition) is 0. The Morgan fingerprint density at radius 2 is 1.86 bits per heavy atom. The fourth-order valence-electron chi connectivity index (χ4n) is 3.00. The monoisotopic (exact) mass is 472 g/mol. The Balaban J connectivity index is 1.86. The molecule has 0 aliphatic rings. The Hall–Kier alpha value is -2.85. The van der Waals surface area contributed by atoms with E-state index in [1.165, 1.54) is 11.6 Å². The van der Waals surface area contributed by atoms with Gasteiger partial charge in [0.1, 0.15) is 0 Å². The summed E-state index contributed by atoms with van der Waals surface area (Å²) in [5, 5.41) is 10.5. The highest BCUT2D eigenvalue weighted by Crippen LogP contribution is 2.22. The largest absolute Gasteiger partial charge is 0.332 e. The second kappa shape index (κ2) is 7.88. The van der Waals surface area contributed by atoms with E-state index < -0.39 is 11.2 Å². The molecule has 0 amide bonds. The maximum absolute atomic E-state index is 12.9. The van der Waals surface area contributed by atoms with Crippen molar-refractivity contribution >= 4 is 44.4 Å². The lowest BCUT2D eigenvalue weighted by Gasteiger charge is -2.08. The van der Waals surface area contributed by atoms with Crippen LogP contribution in [0.2, 0.25) is 0 Å². The van der Waals surface area contributed by atoms with Crippen molar-refractivity contribution in [1.82, 2.24) is 18.7 Å². The van der Waals surface area contributed by atoms with E-state index in [4.69, 9.17) is 0 Å². The van der Waals surface area contributed by atoms with Crippen LogP contribution in [0, 0.1) is 0 Å². The average Bonchev–Trinajstić information content (AvgIpc) is 3.35. The molecule has 0 saturated heterocycles. The molecule has 3 aromatic heterocycles. The van der Waals surface area contributed by atoms with Gasteiger partial charge in [0.15, 0.2) is 11.2 Å². The molecule has 0 N–H and O–H groups in total. The summed E-state index contributed by atoms with van der Waals surface area (Å²) in [6.07, 6.45) is 0. The number of benzene rings is 1. The maximum atomic E-state index is 12.9. The van der Waals surface area contributed by atoms with Gasteiger partial charge in [0.25, 0.3) is 11.5 Å². The molecule has 148 valence electrons. The minimum atomic E-state index is -0.433. The van der Waals surface area contributed by atoms with Gasteiger partial charge in [-0.25, -0.2) is 4.79 Å². The van der Waals surface area contributed by atoms with Crippen LogP contribution in [-0.4, -0.2) is 18.7 Å². The Kier molecular flexibility index (Phi) is 5.29. The van der Waals surface area contributed by atoms with Crippen LogP contribution < -0.4 is 11.2 Å². The van der Waals surface area contributed by atoms with Gasteiger partial charge in [-0.2, -0.15) is 10.1 Å². The molecule has 4 rings (SSSR count). The third kappa shape index (κ3) is 3.73. The minimum Gasteiger partial charge on any atom is -0.297 e. The van der Waals surface area contributed by atoms with Gasteiger partial charge in [0, 0.05) is 23.4 Å². The normalized spacial score (nSPS) is 11.7. The van der Waals surface area contributed by atoms with Gasteiger partial charge in [0.05, 0.1) is 13.1 Å². The van der Waals surface area contributed by atoms with Gasteiger partial charge in [-0.05, 0) is 29.1 Å². The fraction of sp³-hybridized carbons (Fsp3) is 0.211. The van der Waals surface area contributed by atoms with Crippen LogP contribution in [0.25, 0.3) is 11.2 Å². The Bertz CT molecular complexity index is 1320. The molecular formula is C19H17BrN6O2S. The molecule has 0 atom stereocenters. The van der Waals surface area contributed by atoms with E-state index in [0.717, 1.165) is 19.5 Å². The Morgan fingerprint density at radius 3 is 2.55 bits per heavy atom. The zero-order valence-corrected chi connectivity index (χ0v) is 18.1. The molecule has 10 heteroatoms. The summed E-state index contributed by atoms with van der Waals surface area (Å²) in [6.45, 7) is 0.806. The highest BCUT2D eigenvalue weighted by Gasteiger charge is 2.19. The lowest BCUT2D eigenvalue weighted by atomic mass is 10.2. The van der Waals surface area contributed by atoms with E-state index in [2.05, 4.69) is 31.1 Å². The molecule has 0 aliphatic heterocycles.